The summed E-state index contributed by atoms with van der Waals surface area (Å²) in [6, 6.07) is 0. The van der Waals surface area contributed by atoms with Crippen molar-refractivity contribution in [3.63, 3.8) is 0 Å². The molecule has 18 heavy (non-hydrogen) atoms. The fraction of sp³-hybridized carbons (Fsp3) is 0.933. The van der Waals surface area contributed by atoms with Crippen LogP contribution in [0, 0.1) is 11.3 Å². The van der Waals surface area contributed by atoms with Gasteiger partial charge in [0.1, 0.15) is 0 Å². The maximum absolute atomic E-state index is 12.6. The SMILES string of the molecule is CCC1(NC(=O)C2(CN)CCC(C)CC2)CCC1. The third-order valence-electron chi connectivity index (χ3n) is 5.47. The van der Waals surface area contributed by atoms with Crippen LogP contribution in [0.5, 0.6) is 0 Å². The Hall–Kier alpha value is -0.570. The molecule has 0 atom stereocenters. The van der Waals surface area contributed by atoms with Crippen molar-refractivity contribution in [1.82, 2.24) is 5.32 Å². The Morgan fingerprint density at radius 2 is 1.89 bits per heavy atom. The van der Waals surface area contributed by atoms with Crippen LogP contribution in [0.3, 0.4) is 0 Å². The molecule has 3 nitrogen and oxygen atoms in total. The zero-order valence-corrected chi connectivity index (χ0v) is 11.9. The van der Waals surface area contributed by atoms with E-state index in [-0.39, 0.29) is 16.9 Å². The van der Waals surface area contributed by atoms with Crippen LogP contribution in [0.25, 0.3) is 0 Å². The number of carbonyl (C=O) groups is 1. The first kappa shape index (κ1) is 13.9. The highest BCUT2D eigenvalue weighted by Gasteiger charge is 2.44. The molecule has 0 unspecified atom stereocenters. The Balaban J connectivity index is 2.01. The van der Waals surface area contributed by atoms with Gasteiger partial charge in [-0.15, -0.1) is 0 Å². The van der Waals surface area contributed by atoms with Crippen molar-refractivity contribution in [3.05, 3.63) is 0 Å². The summed E-state index contributed by atoms with van der Waals surface area (Å²) in [5.41, 5.74) is 5.77. The lowest BCUT2D eigenvalue weighted by Gasteiger charge is -2.46. The van der Waals surface area contributed by atoms with Crippen LogP contribution in [0.1, 0.15) is 65.2 Å². The third kappa shape index (κ3) is 2.42. The van der Waals surface area contributed by atoms with Gasteiger partial charge in [0.05, 0.1) is 5.41 Å². The van der Waals surface area contributed by atoms with Crippen LogP contribution in [0.4, 0.5) is 0 Å². The maximum Gasteiger partial charge on any atom is 0.227 e. The zero-order chi connectivity index (χ0) is 13.2. The molecule has 0 aliphatic heterocycles. The standard InChI is InChI=1S/C15H28N2O/c1-3-15(7-4-8-15)17-13(18)14(11-16)9-5-12(2)6-10-14/h12H,3-11,16H2,1-2H3,(H,17,18). The molecule has 1 amide bonds. The van der Waals surface area contributed by atoms with E-state index >= 15 is 0 Å². The molecule has 2 saturated carbocycles. The lowest BCUT2D eigenvalue weighted by atomic mass is 9.68. The molecule has 0 aromatic heterocycles. The van der Waals surface area contributed by atoms with Gasteiger partial charge in [0.15, 0.2) is 0 Å². The van der Waals surface area contributed by atoms with E-state index in [9.17, 15) is 4.79 Å². The lowest BCUT2D eigenvalue weighted by Crippen LogP contribution is -2.59. The van der Waals surface area contributed by atoms with Crippen molar-refractivity contribution in [2.45, 2.75) is 70.8 Å². The summed E-state index contributed by atoms with van der Waals surface area (Å²) < 4.78 is 0. The average Bonchev–Trinajstić information content (AvgIpc) is 2.35. The molecule has 2 rings (SSSR count). The van der Waals surface area contributed by atoms with Crippen molar-refractivity contribution >= 4 is 5.91 Å². The third-order valence-corrected chi connectivity index (χ3v) is 5.47. The van der Waals surface area contributed by atoms with Gasteiger partial charge in [-0.25, -0.2) is 0 Å². The Bertz CT molecular complexity index is 296. The van der Waals surface area contributed by atoms with E-state index in [1.807, 2.05) is 0 Å². The summed E-state index contributed by atoms with van der Waals surface area (Å²) in [4.78, 5) is 12.6. The Morgan fingerprint density at radius 1 is 1.28 bits per heavy atom. The van der Waals surface area contributed by atoms with Crippen LogP contribution < -0.4 is 11.1 Å². The lowest BCUT2D eigenvalue weighted by molar-refractivity contribution is -0.136. The first-order chi connectivity index (χ1) is 8.56. The summed E-state index contributed by atoms with van der Waals surface area (Å²) in [5.74, 6) is 0.986. The van der Waals surface area contributed by atoms with E-state index in [2.05, 4.69) is 19.2 Å². The summed E-state index contributed by atoms with van der Waals surface area (Å²) in [6.45, 7) is 4.96. The fourth-order valence-electron chi connectivity index (χ4n) is 3.38. The van der Waals surface area contributed by atoms with Gasteiger partial charge in [-0.1, -0.05) is 13.8 Å². The van der Waals surface area contributed by atoms with Gasteiger partial charge in [-0.2, -0.15) is 0 Å². The maximum atomic E-state index is 12.6. The minimum absolute atomic E-state index is 0.0995. The average molecular weight is 252 g/mol. The fourth-order valence-corrected chi connectivity index (χ4v) is 3.38. The van der Waals surface area contributed by atoms with Gasteiger partial charge < -0.3 is 11.1 Å². The quantitative estimate of drug-likeness (QED) is 0.808. The first-order valence-corrected chi connectivity index (χ1v) is 7.58. The number of hydrogen-bond donors (Lipinski definition) is 2. The smallest absolute Gasteiger partial charge is 0.227 e. The molecule has 0 radical (unpaired) electrons. The topological polar surface area (TPSA) is 55.1 Å². The predicted molar refractivity (Wildman–Crippen MR) is 74.1 cm³/mol. The summed E-state index contributed by atoms with van der Waals surface area (Å²) in [5, 5.41) is 3.34. The second kappa shape index (κ2) is 5.20. The molecule has 2 aliphatic rings. The van der Waals surface area contributed by atoms with Crippen molar-refractivity contribution in [2.75, 3.05) is 6.54 Å². The molecule has 0 aromatic rings. The second-order valence-corrected chi connectivity index (χ2v) is 6.61. The van der Waals surface area contributed by atoms with E-state index in [4.69, 9.17) is 5.73 Å². The van der Waals surface area contributed by atoms with Crippen molar-refractivity contribution in [1.29, 1.82) is 0 Å². The van der Waals surface area contributed by atoms with E-state index in [1.54, 1.807) is 0 Å². The highest BCUT2D eigenvalue weighted by Crippen LogP contribution is 2.41. The van der Waals surface area contributed by atoms with Crippen LogP contribution in [0.15, 0.2) is 0 Å². The molecule has 3 heteroatoms. The molecule has 2 aliphatic carbocycles. The molecular weight excluding hydrogens is 224 g/mol. The monoisotopic (exact) mass is 252 g/mol. The Morgan fingerprint density at radius 3 is 2.28 bits per heavy atom. The Kier molecular flexibility index (Phi) is 4.00. The van der Waals surface area contributed by atoms with Crippen molar-refractivity contribution in [3.8, 4) is 0 Å². The van der Waals surface area contributed by atoms with Gasteiger partial charge in [0, 0.05) is 12.1 Å². The van der Waals surface area contributed by atoms with E-state index in [1.165, 1.54) is 6.42 Å². The molecule has 0 heterocycles. The first-order valence-electron chi connectivity index (χ1n) is 7.58. The molecule has 0 spiro atoms. The molecule has 2 fully saturated rings. The minimum atomic E-state index is -0.274. The van der Waals surface area contributed by atoms with E-state index in [0.717, 1.165) is 50.9 Å². The van der Waals surface area contributed by atoms with E-state index in [0.29, 0.717) is 6.54 Å². The number of amides is 1. The number of hydrogen-bond acceptors (Lipinski definition) is 2. The largest absolute Gasteiger partial charge is 0.350 e. The number of nitrogens with two attached hydrogens (primary N) is 1. The van der Waals surface area contributed by atoms with Crippen LogP contribution in [0.2, 0.25) is 0 Å². The normalized spacial score (nSPS) is 34.7. The van der Waals surface area contributed by atoms with E-state index < -0.39 is 0 Å². The van der Waals surface area contributed by atoms with Crippen LogP contribution in [-0.2, 0) is 4.79 Å². The predicted octanol–water partition coefficient (Wildman–Crippen LogP) is 2.59. The number of nitrogens with one attached hydrogen (secondary N) is 1. The molecule has 0 bridgehead atoms. The molecule has 104 valence electrons. The summed E-state index contributed by atoms with van der Waals surface area (Å²) in [6.07, 6.45) is 8.81. The van der Waals surface area contributed by atoms with Crippen LogP contribution >= 0.6 is 0 Å². The highest BCUT2D eigenvalue weighted by molar-refractivity contribution is 5.83. The van der Waals surface area contributed by atoms with Gasteiger partial charge in [-0.05, 0) is 57.3 Å². The molecular formula is C15H28N2O. The van der Waals surface area contributed by atoms with Crippen molar-refractivity contribution < 1.29 is 4.79 Å². The van der Waals surface area contributed by atoms with Crippen LogP contribution in [-0.4, -0.2) is 18.0 Å². The second-order valence-electron chi connectivity index (χ2n) is 6.61. The zero-order valence-electron chi connectivity index (χ0n) is 11.9. The summed E-state index contributed by atoms with van der Waals surface area (Å²) in [7, 11) is 0. The number of rotatable bonds is 4. The minimum Gasteiger partial charge on any atom is -0.350 e. The Labute approximate surface area is 111 Å². The van der Waals surface area contributed by atoms with Gasteiger partial charge in [0.2, 0.25) is 5.91 Å². The summed E-state index contributed by atoms with van der Waals surface area (Å²) >= 11 is 0. The molecule has 3 N–H and O–H groups in total. The number of carbonyl (C=O) groups excluding carboxylic acids is 1. The van der Waals surface area contributed by atoms with Gasteiger partial charge in [0.25, 0.3) is 0 Å². The molecule has 0 aromatic carbocycles. The highest BCUT2D eigenvalue weighted by atomic mass is 16.2. The van der Waals surface area contributed by atoms with Gasteiger partial charge >= 0.3 is 0 Å². The molecule has 0 saturated heterocycles. The van der Waals surface area contributed by atoms with Crippen molar-refractivity contribution in [2.24, 2.45) is 17.1 Å². The van der Waals surface area contributed by atoms with Gasteiger partial charge in [-0.3, -0.25) is 4.79 Å².